The molecule has 0 saturated heterocycles. The Bertz CT molecular complexity index is 303. The Morgan fingerprint density at radius 1 is 1.33 bits per heavy atom. The molecule has 2 N–H and O–H groups in total. The molecule has 0 aliphatic heterocycles. The van der Waals surface area contributed by atoms with Crippen molar-refractivity contribution in [2.75, 3.05) is 6.54 Å². The number of rotatable bonds is 3. The maximum Gasteiger partial charge on any atom is 0.229 e. The number of nitrogens with zero attached hydrogens (tertiary/aromatic N) is 2. The van der Waals surface area contributed by atoms with E-state index in [0.29, 0.717) is 11.8 Å². The van der Waals surface area contributed by atoms with Gasteiger partial charge in [-0.25, -0.2) is 0 Å². The number of hydrogen-bond donors (Lipinski definition) is 1. The highest BCUT2D eigenvalue weighted by Crippen LogP contribution is 2.34. The molecule has 2 rings (SSSR count). The van der Waals surface area contributed by atoms with Crippen molar-refractivity contribution in [3.63, 3.8) is 0 Å². The molecule has 1 saturated carbocycles. The third-order valence-corrected chi connectivity index (χ3v) is 3.33. The van der Waals surface area contributed by atoms with Crippen LogP contribution >= 0.6 is 0 Å². The number of nitrogens with two attached hydrogens (primary N) is 1. The van der Waals surface area contributed by atoms with Gasteiger partial charge in [0.25, 0.3) is 0 Å². The first-order chi connectivity index (χ1) is 7.33. The molecular formula is C11H19N3O. The molecule has 0 radical (unpaired) electrons. The van der Waals surface area contributed by atoms with E-state index >= 15 is 0 Å². The molecule has 1 aromatic heterocycles. The van der Waals surface area contributed by atoms with Crippen LogP contribution in [0.1, 0.15) is 50.2 Å². The van der Waals surface area contributed by atoms with E-state index in [-0.39, 0.29) is 0 Å². The summed E-state index contributed by atoms with van der Waals surface area (Å²) in [5.74, 6) is 2.84. The molecule has 1 heterocycles. The van der Waals surface area contributed by atoms with Crippen molar-refractivity contribution in [3.8, 4) is 0 Å². The minimum atomic E-state index is 0.473. The number of aromatic nitrogens is 2. The van der Waals surface area contributed by atoms with Gasteiger partial charge >= 0.3 is 0 Å². The Morgan fingerprint density at radius 2 is 2.07 bits per heavy atom. The van der Waals surface area contributed by atoms with Gasteiger partial charge in [-0.05, 0) is 38.1 Å². The number of hydrogen-bond acceptors (Lipinski definition) is 4. The van der Waals surface area contributed by atoms with Crippen LogP contribution in [0, 0.1) is 5.92 Å². The molecule has 0 aromatic carbocycles. The SMILES string of the molecule is CCc1noc(C2CCC(CN)CC2)n1. The predicted molar refractivity (Wildman–Crippen MR) is 57.4 cm³/mol. The minimum absolute atomic E-state index is 0.473. The lowest BCUT2D eigenvalue weighted by Gasteiger charge is -2.24. The predicted octanol–water partition coefficient (Wildman–Crippen LogP) is 1.86. The van der Waals surface area contributed by atoms with Crippen LogP contribution in [0.25, 0.3) is 0 Å². The van der Waals surface area contributed by atoms with Gasteiger partial charge in [-0.1, -0.05) is 12.1 Å². The molecule has 0 unspecified atom stereocenters. The van der Waals surface area contributed by atoms with Crippen LogP contribution in [-0.4, -0.2) is 16.7 Å². The molecule has 1 aromatic rings. The third kappa shape index (κ3) is 2.37. The zero-order valence-corrected chi connectivity index (χ0v) is 9.28. The van der Waals surface area contributed by atoms with Gasteiger partial charge in [0.1, 0.15) is 0 Å². The topological polar surface area (TPSA) is 64.9 Å². The summed E-state index contributed by atoms with van der Waals surface area (Å²) < 4.78 is 5.27. The lowest BCUT2D eigenvalue weighted by atomic mass is 9.82. The highest BCUT2D eigenvalue weighted by molar-refractivity contribution is 4.96. The Balaban J connectivity index is 1.95. The van der Waals surface area contributed by atoms with E-state index in [2.05, 4.69) is 10.1 Å². The maximum atomic E-state index is 5.66. The van der Waals surface area contributed by atoms with Gasteiger partial charge in [-0.2, -0.15) is 4.98 Å². The Kier molecular flexibility index (Phi) is 3.36. The molecule has 1 fully saturated rings. The van der Waals surface area contributed by atoms with Crippen molar-refractivity contribution >= 4 is 0 Å². The summed E-state index contributed by atoms with van der Waals surface area (Å²) in [7, 11) is 0. The zero-order chi connectivity index (χ0) is 10.7. The van der Waals surface area contributed by atoms with Crippen LogP contribution in [0.3, 0.4) is 0 Å². The lowest BCUT2D eigenvalue weighted by molar-refractivity contribution is 0.274. The van der Waals surface area contributed by atoms with Crippen molar-refractivity contribution < 1.29 is 4.52 Å². The highest BCUT2D eigenvalue weighted by Gasteiger charge is 2.25. The second-order valence-electron chi connectivity index (χ2n) is 4.36. The zero-order valence-electron chi connectivity index (χ0n) is 9.28. The first-order valence-electron chi connectivity index (χ1n) is 5.86. The van der Waals surface area contributed by atoms with Crippen molar-refractivity contribution in [3.05, 3.63) is 11.7 Å². The van der Waals surface area contributed by atoms with E-state index in [9.17, 15) is 0 Å². The van der Waals surface area contributed by atoms with E-state index in [1.807, 2.05) is 6.92 Å². The third-order valence-electron chi connectivity index (χ3n) is 3.33. The largest absolute Gasteiger partial charge is 0.339 e. The average Bonchev–Trinajstić information content (AvgIpc) is 2.78. The van der Waals surface area contributed by atoms with Crippen LogP contribution in [-0.2, 0) is 6.42 Å². The molecule has 15 heavy (non-hydrogen) atoms. The summed E-state index contributed by atoms with van der Waals surface area (Å²) in [4.78, 5) is 4.39. The first-order valence-corrected chi connectivity index (χ1v) is 5.86. The van der Waals surface area contributed by atoms with E-state index in [1.54, 1.807) is 0 Å². The highest BCUT2D eigenvalue weighted by atomic mass is 16.5. The first kappa shape index (κ1) is 10.6. The molecule has 1 aliphatic carbocycles. The minimum Gasteiger partial charge on any atom is -0.339 e. The van der Waals surface area contributed by atoms with Crippen molar-refractivity contribution in [2.45, 2.75) is 44.9 Å². The average molecular weight is 209 g/mol. The molecule has 1 aliphatic rings. The second-order valence-corrected chi connectivity index (χ2v) is 4.36. The standard InChI is InChI=1S/C11H19N3O/c1-2-10-13-11(15-14-10)9-5-3-8(7-12)4-6-9/h8-9H,2-7,12H2,1H3. The normalized spacial score (nSPS) is 26.8. The van der Waals surface area contributed by atoms with Gasteiger partial charge in [0.2, 0.25) is 5.89 Å². The van der Waals surface area contributed by atoms with Crippen LogP contribution in [0.5, 0.6) is 0 Å². The van der Waals surface area contributed by atoms with Crippen LogP contribution in [0.15, 0.2) is 4.52 Å². The maximum absolute atomic E-state index is 5.66. The lowest BCUT2D eigenvalue weighted by Crippen LogP contribution is -2.20. The van der Waals surface area contributed by atoms with Crippen molar-refractivity contribution in [2.24, 2.45) is 11.7 Å². The van der Waals surface area contributed by atoms with Crippen molar-refractivity contribution in [1.82, 2.24) is 10.1 Å². The second kappa shape index (κ2) is 4.75. The molecular weight excluding hydrogens is 190 g/mol. The fraction of sp³-hybridized carbons (Fsp3) is 0.818. The summed E-state index contributed by atoms with van der Waals surface area (Å²) in [6, 6.07) is 0. The van der Waals surface area contributed by atoms with E-state index < -0.39 is 0 Å². The fourth-order valence-electron chi connectivity index (χ4n) is 2.22. The molecule has 4 heteroatoms. The summed E-state index contributed by atoms with van der Waals surface area (Å²) in [5, 5.41) is 3.94. The van der Waals surface area contributed by atoms with Gasteiger partial charge in [0.15, 0.2) is 5.82 Å². The summed E-state index contributed by atoms with van der Waals surface area (Å²) in [5.41, 5.74) is 5.66. The summed E-state index contributed by atoms with van der Waals surface area (Å²) >= 11 is 0. The molecule has 0 spiro atoms. The fourth-order valence-corrected chi connectivity index (χ4v) is 2.22. The van der Waals surface area contributed by atoms with Crippen LogP contribution in [0.2, 0.25) is 0 Å². The van der Waals surface area contributed by atoms with Gasteiger partial charge in [-0.3, -0.25) is 0 Å². The molecule has 4 nitrogen and oxygen atoms in total. The summed E-state index contributed by atoms with van der Waals surface area (Å²) in [6.07, 6.45) is 5.54. The quantitative estimate of drug-likeness (QED) is 0.825. The monoisotopic (exact) mass is 209 g/mol. The molecule has 0 atom stereocenters. The van der Waals surface area contributed by atoms with Crippen LogP contribution in [0.4, 0.5) is 0 Å². The van der Waals surface area contributed by atoms with E-state index in [0.717, 1.165) is 37.5 Å². The Labute approximate surface area is 90.2 Å². The molecule has 0 amide bonds. The van der Waals surface area contributed by atoms with Gasteiger partial charge in [0, 0.05) is 12.3 Å². The number of aryl methyl sites for hydroxylation is 1. The molecule has 84 valence electrons. The van der Waals surface area contributed by atoms with Gasteiger partial charge in [-0.15, -0.1) is 0 Å². The Hall–Kier alpha value is -0.900. The molecule has 0 bridgehead atoms. The van der Waals surface area contributed by atoms with Crippen molar-refractivity contribution in [1.29, 1.82) is 0 Å². The van der Waals surface area contributed by atoms with Gasteiger partial charge < -0.3 is 10.3 Å². The smallest absolute Gasteiger partial charge is 0.229 e. The van der Waals surface area contributed by atoms with Gasteiger partial charge in [0.05, 0.1) is 0 Å². The van der Waals surface area contributed by atoms with E-state index in [1.165, 1.54) is 12.8 Å². The Morgan fingerprint density at radius 3 is 2.60 bits per heavy atom. The summed E-state index contributed by atoms with van der Waals surface area (Å²) in [6.45, 7) is 2.86. The van der Waals surface area contributed by atoms with E-state index in [4.69, 9.17) is 10.3 Å². The van der Waals surface area contributed by atoms with Crippen LogP contribution < -0.4 is 5.73 Å².